The van der Waals surface area contributed by atoms with Crippen molar-refractivity contribution in [2.24, 2.45) is 17.8 Å². The molecule has 5 aliphatic rings. The Labute approximate surface area is 628 Å². The number of benzene rings is 2. The lowest BCUT2D eigenvalue weighted by Gasteiger charge is -2.46. The van der Waals surface area contributed by atoms with Crippen molar-refractivity contribution in [3.05, 3.63) is 76.9 Å². The molecule has 26 nitrogen and oxygen atoms in total. The Morgan fingerprint density at radius 3 is 1.89 bits per heavy atom. The summed E-state index contributed by atoms with van der Waals surface area (Å²) in [6.07, 6.45) is -5.41. The molecule has 0 aromatic heterocycles. The van der Waals surface area contributed by atoms with Crippen LogP contribution in [-0.2, 0) is 87.5 Å². The molecule has 2 saturated heterocycles. The van der Waals surface area contributed by atoms with E-state index < -0.39 is 198 Å². The van der Waals surface area contributed by atoms with E-state index in [-0.39, 0.29) is 88.1 Å². The number of halogens is 6. The van der Waals surface area contributed by atoms with Gasteiger partial charge in [-0.3, -0.25) is 57.5 Å². The Kier molecular flexibility index (Phi) is 29.6. The van der Waals surface area contributed by atoms with Crippen molar-refractivity contribution in [2.45, 2.75) is 210 Å². The van der Waals surface area contributed by atoms with Crippen molar-refractivity contribution in [1.82, 2.24) is 60.0 Å². The van der Waals surface area contributed by atoms with Gasteiger partial charge in [-0.1, -0.05) is 77.3 Å². The second kappa shape index (κ2) is 37.0. The van der Waals surface area contributed by atoms with Crippen LogP contribution in [0.25, 0.3) is 0 Å². The molecule has 3 heterocycles. The van der Waals surface area contributed by atoms with Crippen molar-refractivity contribution in [1.29, 1.82) is 0 Å². The number of alkyl halides is 6. The van der Waals surface area contributed by atoms with Gasteiger partial charge in [-0.05, 0) is 124 Å². The van der Waals surface area contributed by atoms with Gasteiger partial charge in [-0.15, -0.1) is 0 Å². The third-order valence-electron chi connectivity index (χ3n) is 21.9. The number of likely N-dealkylation sites (N-methyl/N-ethyl adjacent to an activating group) is 7. The Bertz CT molecular complexity index is 3620. The highest BCUT2D eigenvalue weighted by atomic mass is 19.4. The van der Waals surface area contributed by atoms with Crippen LogP contribution in [-0.4, -0.2) is 271 Å². The topological polar surface area (TPSA) is 289 Å². The summed E-state index contributed by atoms with van der Waals surface area (Å²) in [5.41, 5.74) is -3.39. The Morgan fingerprint density at radius 2 is 1.31 bits per heavy atom. The van der Waals surface area contributed by atoms with Gasteiger partial charge in [0, 0.05) is 88.9 Å². The summed E-state index contributed by atoms with van der Waals surface area (Å²) in [7, 11) is 12.0. The molecule has 0 radical (unpaired) electrons. The van der Waals surface area contributed by atoms with Gasteiger partial charge in [-0.2, -0.15) is 26.3 Å². The van der Waals surface area contributed by atoms with Gasteiger partial charge < -0.3 is 69.5 Å². The van der Waals surface area contributed by atoms with Crippen LogP contribution in [0.5, 0.6) is 5.75 Å². The predicted octanol–water partition coefficient (Wildman–Crippen LogP) is 5.47. The largest absolute Gasteiger partial charge is 0.496 e. The van der Waals surface area contributed by atoms with Crippen molar-refractivity contribution in [3.8, 4) is 5.75 Å². The summed E-state index contributed by atoms with van der Waals surface area (Å²) in [5, 5.41) is 8.51. The number of amides is 12. The molecule has 2 saturated carbocycles. The van der Waals surface area contributed by atoms with Crippen LogP contribution in [0, 0.1) is 17.8 Å². The molecule has 7 rings (SSSR count). The number of methoxy groups -OCH3 is 1. The maximum absolute atomic E-state index is 15.6. The number of rotatable bonds is 14. The van der Waals surface area contributed by atoms with Gasteiger partial charge in [0.1, 0.15) is 59.6 Å². The quantitative estimate of drug-likeness (QED) is 0.156. The highest BCUT2D eigenvalue weighted by Crippen LogP contribution is 2.40. The van der Waals surface area contributed by atoms with Crippen LogP contribution in [0.4, 0.5) is 26.3 Å². The molecule has 2 aliphatic carbocycles. The SMILES string of the molecule is CCO[C@@H]1C[C@H]2C(=O)NC3(CCC3)C(=O)N(C)[C@@H](C3CCCC3)C(=O)N(C)[C@H](C(=O)N(C)C)CC(=O)N(C)[C@@H](CC(C)C)C(=O)N[C@@H]([C@@H](C)CC)C(=O)N(C)CC(=O)N(C)[C@H]3C/C=C\CCN(C3=O)[C@@H](Cc3ccc(C(F)(F)F)cc3)C(=O)N(C)CC(=O)N[C@H](CCc3ccc(C(F)(F)F)c(OC)c3)C(=O)N2C1. The second-order valence-corrected chi connectivity index (χ2v) is 30.1. The molecule has 12 amide bonds. The average molecular weight is 1530 g/mol. The lowest BCUT2D eigenvalue weighted by Crippen LogP contribution is -2.68. The van der Waals surface area contributed by atoms with Crippen LogP contribution in [0.3, 0.4) is 0 Å². The Morgan fingerprint density at radius 1 is 0.676 bits per heavy atom. The molecule has 32 heteroatoms. The van der Waals surface area contributed by atoms with E-state index in [1.165, 1.54) is 86.9 Å². The third kappa shape index (κ3) is 20.7. The summed E-state index contributed by atoms with van der Waals surface area (Å²) in [4.78, 5) is 191. The molecule has 3 aliphatic heterocycles. The van der Waals surface area contributed by atoms with E-state index in [1.807, 2.05) is 13.8 Å². The highest BCUT2D eigenvalue weighted by molar-refractivity contribution is 6.01. The van der Waals surface area contributed by atoms with Crippen LogP contribution < -0.4 is 20.7 Å². The number of ether oxygens (including phenoxy) is 2. The molecule has 4 fully saturated rings. The lowest BCUT2D eigenvalue weighted by atomic mass is 9.74. The first kappa shape index (κ1) is 86.4. The van der Waals surface area contributed by atoms with Gasteiger partial charge in [0.05, 0.1) is 43.9 Å². The molecule has 1 spiro atoms. The number of hydrogen-bond acceptors (Lipinski definition) is 14. The molecule has 108 heavy (non-hydrogen) atoms. The predicted molar refractivity (Wildman–Crippen MR) is 385 cm³/mol. The molecule has 2 bridgehead atoms. The summed E-state index contributed by atoms with van der Waals surface area (Å²) in [6.45, 7) is 6.97. The average Bonchev–Trinajstić information content (AvgIpc) is 1.27. The zero-order valence-electron chi connectivity index (χ0n) is 64.5. The van der Waals surface area contributed by atoms with Crippen LogP contribution in [0.2, 0.25) is 0 Å². The number of fused-ring (bicyclic) bond motifs is 3. The Hall–Kier alpha value is -8.84. The van der Waals surface area contributed by atoms with E-state index in [0.717, 1.165) is 63.1 Å². The van der Waals surface area contributed by atoms with Crippen molar-refractivity contribution < 1.29 is 93.4 Å². The van der Waals surface area contributed by atoms with E-state index in [4.69, 9.17) is 9.47 Å². The number of carbonyl (C=O) groups excluding carboxylic acids is 12. The summed E-state index contributed by atoms with van der Waals surface area (Å²) < 4.78 is 95.6. The van der Waals surface area contributed by atoms with E-state index in [2.05, 4.69) is 16.0 Å². The number of nitrogens with zero attached hydrogens (tertiary/aromatic N) is 9. The molecule has 598 valence electrons. The molecule has 2 aromatic rings. The molecular weight excluding hydrogens is 1420 g/mol. The zero-order chi connectivity index (χ0) is 80.2. The van der Waals surface area contributed by atoms with E-state index >= 15 is 28.8 Å². The third-order valence-corrected chi connectivity index (χ3v) is 21.9. The van der Waals surface area contributed by atoms with Gasteiger partial charge in [0.25, 0.3) is 0 Å². The second-order valence-electron chi connectivity index (χ2n) is 30.1. The molecule has 2 aromatic carbocycles. The van der Waals surface area contributed by atoms with E-state index in [9.17, 15) is 55.1 Å². The molecular formula is C76H108F6N12O14. The van der Waals surface area contributed by atoms with Gasteiger partial charge >= 0.3 is 12.4 Å². The minimum absolute atomic E-state index is 0.0572. The number of hydrogen-bond donors (Lipinski definition) is 3. The maximum atomic E-state index is 15.6. The fourth-order valence-corrected chi connectivity index (χ4v) is 15.1. The highest BCUT2D eigenvalue weighted by Gasteiger charge is 2.54. The first-order chi connectivity index (χ1) is 50.7. The van der Waals surface area contributed by atoms with Crippen molar-refractivity contribution in [3.63, 3.8) is 0 Å². The fraction of sp³-hybridized carbons (Fsp3) is 0.658. The van der Waals surface area contributed by atoms with Crippen molar-refractivity contribution >= 4 is 70.9 Å². The van der Waals surface area contributed by atoms with Crippen molar-refractivity contribution in [2.75, 3.05) is 96.3 Å². The minimum Gasteiger partial charge on any atom is -0.496 e. The van der Waals surface area contributed by atoms with E-state index in [0.29, 0.717) is 38.5 Å². The van der Waals surface area contributed by atoms with Gasteiger partial charge in [0.2, 0.25) is 70.9 Å². The summed E-state index contributed by atoms with van der Waals surface area (Å²) in [5.74, 6) is -11.2. The first-order valence-corrected chi connectivity index (χ1v) is 37.2. The normalized spacial score (nSPS) is 26.0. The molecule has 0 unspecified atom stereocenters. The number of aryl methyl sites for hydroxylation is 1. The standard InChI is InChI=1S/C76H108F6N12O14/c1-15-46(5)63-71(104)88(9)44-62(97)89(10)54-25-18-17-21-36-93(70(54)103)58(38-47-26-30-50(31-27-47)75(77,78)79)69(102)87(8)43-60(95)83-53(33-29-48-28-32-52(76(80,81)82)59(39-48)107-14)67(100)94-42-51(108-16-2)40-56(94)66(99)85-74(34-22-35-74)73(106)92(13)64(49-23-19-20-24-49)72(105)91(12)57(68(101)86(6)7)41-61(96)90(11)55(37-45(3)4)65(98)84-63/h17-18,26-28,30-32,39,45-46,49,51,53-58,63-64H,15-16,19-25,29,33-38,40-44H2,1-14H3,(H,83,95)(H,84,98)(H,85,99)/b18-17-/t46-,51+,53+,54-,55-,56-,57-,58-,63-,64-/m0/s1. The smallest absolute Gasteiger partial charge is 0.419 e. The summed E-state index contributed by atoms with van der Waals surface area (Å²) in [6, 6.07) is -4.37. The number of nitrogens with one attached hydrogen (secondary N) is 3. The fourth-order valence-electron chi connectivity index (χ4n) is 15.1. The van der Waals surface area contributed by atoms with Crippen LogP contribution >= 0.6 is 0 Å². The van der Waals surface area contributed by atoms with E-state index in [1.54, 1.807) is 32.9 Å². The lowest BCUT2D eigenvalue weighted by molar-refractivity contribution is -0.158. The van der Waals surface area contributed by atoms with Crippen LogP contribution in [0.15, 0.2) is 54.6 Å². The first-order valence-electron chi connectivity index (χ1n) is 37.2. The Balaban J connectivity index is 1.35. The van der Waals surface area contributed by atoms with Crippen LogP contribution in [0.1, 0.15) is 147 Å². The van der Waals surface area contributed by atoms with Gasteiger partial charge in [-0.25, -0.2) is 0 Å². The zero-order valence-corrected chi connectivity index (χ0v) is 64.5. The minimum atomic E-state index is -4.82. The van der Waals surface area contributed by atoms with Gasteiger partial charge in [0.15, 0.2) is 0 Å². The number of carbonyl (C=O) groups is 12. The molecule has 10 atom stereocenters. The summed E-state index contributed by atoms with van der Waals surface area (Å²) >= 11 is 0. The maximum Gasteiger partial charge on any atom is 0.419 e. The molecule has 3 N–H and O–H groups in total. The monoisotopic (exact) mass is 1530 g/mol.